The van der Waals surface area contributed by atoms with Crippen LogP contribution in [-0.2, 0) is 28.4 Å². The van der Waals surface area contributed by atoms with E-state index >= 15 is 0 Å². The lowest BCUT2D eigenvalue weighted by Gasteiger charge is -2.15. The standard InChI is InChI=1S/C16H19BO6/c1-3-20-15(18)13-14(16(19)21-4-2)23-17(22-13)11-10-12-8-6-5-7-9-12/h5-11,13-14H,3-4H2,1-2H3/b11-10+/t13-,14-/m0/s1. The fraction of sp³-hybridized carbons (Fsp3) is 0.375. The smallest absolute Gasteiger partial charge is 0.464 e. The molecule has 7 heteroatoms. The Morgan fingerprint density at radius 1 is 1.04 bits per heavy atom. The molecule has 0 spiro atoms. The SMILES string of the molecule is CCOC(=O)[C@H]1OB(/C=C/c2ccccc2)O[C@@H]1C(=O)OCC. The van der Waals surface area contributed by atoms with E-state index in [0.717, 1.165) is 5.56 Å². The van der Waals surface area contributed by atoms with Crippen molar-refractivity contribution in [3.05, 3.63) is 41.9 Å². The third-order valence-corrected chi connectivity index (χ3v) is 3.12. The summed E-state index contributed by atoms with van der Waals surface area (Å²) in [7, 11) is -0.820. The van der Waals surface area contributed by atoms with E-state index in [1.165, 1.54) is 0 Å². The highest BCUT2D eigenvalue weighted by atomic mass is 16.7. The first-order valence-corrected chi connectivity index (χ1v) is 7.53. The topological polar surface area (TPSA) is 71.1 Å². The van der Waals surface area contributed by atoms with Crippen LogP contribution in [0.1, 0.15) is 19.4 Å². The molecule has 1 aromatic carbocycles. The molecule has 122 valence electrons. The Morgan fingerprint density at radius 3 is 2.04 bits per heavy atom. The molecule has 0 saturated carbocycles. The van der Waals surface area contributed by atoms with Crippen molar-refractivity contribution in [3.63, 3.8) is 0 Å². The van der Waals surface area contributed by atoms with E-state index < -0.39 is 31.3 Å². The molecule has 1 aliphatic rings. The van der Waals surface area contributed by atoms with Crippen molar-refractivity contribution in [2.24, 2.45) is 0 Å². The summed E-state index contributed by atoms with van der Waals surface area (Å²) in [5, 5.41) is 0. The van der Waals surface area contributed by atoms with Gasteiger partial charge >= 0.3 is 19.1 Å². The number of rotatable bonds is 6. The number of benzene rings is 1. The molecule has 2 rings (SSSR count). The maximum atomic E-state index is 11.9. The highest BCUT2D eigenvalue weighted by Gasteiger charge is 2.48. The van der Waals surface area contributed by atoms with Crippen molar-refractivity contribution in [2.45, 2.75) is 26.1 Å². The molecule has 1 saturated heterocycles. The van der Waals surface area contributed by atoms with E-state index in [1.54, 1.807) is 25.9 Å². The number of ether oxygens (including phenoxy) is 2. The number of carbonyl (C=O) groups is 2. The summed E-state index contributed by atoms with van der Waals surface area (Å²) < 4.78 is 20.8. The molecule has 1 heterocycles. The van der Waals surface area contributed by atoms with E-state index in [9.17, 15) is 9.59 Å². The van der Waals surface area contributed by atoms with Gasteiger partial charge in [-0.05, 0) is 19.4 Å². The highest BCUT2D eigenvalue weighted by molar-refractivity contribution is 6.53. The molecular formula is C16H19BO6. The minimum absolute atomic E-state index is 0.193. The normalized spacial score (nSPS) is 20.7. The fourth-order valence-corrected chi connectivity index (χ4v) is 2.12. The van der Waals surface area contributed by atoms with E-state index in [2.05, 4.69) is 0 Å². The van der Waals surface area contributed by atoms with Crippen LogP contribution in [0.5, 0.6) is 0 Å². The van der Waals surface area contributed by atoms with Gasteiger partial charge in [0.2, 0.25) is 0 Å². The lowest BCUT2D eigenvalue weighted by Crippen LogP contribution is -2.39. The maximum absolute atomic E-state index is 11.9. The van der Waals surface area contributed by atoms with Gasteiger partial charge in [-0.3, -0.25) is 0 Å². The summed E-state index contributed by atoms with van der Waals surface area (Å²) in [5.41, 5.74) is 0.951. The van der Waals surface area contributed by atoms with Gasteiger partial charge in [0.15, 0.2) is 12.2 Å². The van der Waals surface area contributed by atoms with Crippen molar-refractivity contribution in [3.8, 4) is 0 Å². The minimum Gasteiger partial charge on any atom is -0.464 e. The van der Waals surface area contributed by atoms with Gasteiger partial charge in [-0.1, -0.05) is 42.4 Å². The molecule has 0 unspecified atom stereocenters. The molecule has 1 fully saturated rings. The van der Waals surface area contributed by atoms with Crippen LogP contribution in [-0.4, -0.2) is 44.5 Å². The number of carbonyl (C=O) groups excluding carboxylic acids is 2. The van der Waals surface area contributed by atoms with Crippen molar-refractivity contribution in [1.29, 1.82) is 0 Å². The molecule has 0 aromatic heterocycles. The average Bonchev–Trinajstić information content (AvgIpc) is 2.99. The second kappa shape index (κ2) is 8.50. The molecule has 0 radical (unpaired) electrons. The van der Waals surface area contributed by atoms with Gasteiger partial charge in [0, 0.05) is 0 Å². The van der Waals surface area contributed by atoms with Crippen molar-refractivity contribution in [1.82, 2.24) is 0 Å². The molecule has 0 aliphatic carbocycles. The van der Waals surface area contributed by atoms with Crippen LogP contribution in [0.3, 0.4) is 0 Å². The van der Waals surface area contributed by atoms with E-state index in [4.69, 9.17) is 18.8 Å². The van der Waals surface area contributed by atoms with Crippen LogP contribution in [0.2, 0.25) is 0 Å². The summed E-state index contributed by atoms with van der Waals surface area (Å²) in [6.07, 6.45) is -0.459. The first-order valence-electron chi connectivity index (χ1n) is 7.53. The number of hydrogen-bond acceptors (Lipinski definition) is 6. The van der Waals surface area contributed by atoms with Crippen molar-refractivity contribution >= 4 is 25.1 Å². The van der Waals surface area contributed by atoms with Gasteiger partial charge in [-0.25, -0.2) is 9.59 Å². The van der Waals surface area contributed by atoms with Crippen LogP contribution >= 0.6 is 0 Å². The Hall–Kier alpha value is -2.12. The van der Waals surface area contributed by atoms with Gasteiger partial charge in [0.25, 0.3) is 0 Å². The van der Waals surface area contributed by atoms with E-state index in [1.807, 2.05) is 30.3 Å². The zero-order chi connectivity index (χ0) is 16.7. The monoisotopic (exact) mass is 318 g/mol. The van der Waals surface area contributed by atoms with Crippen LogP contribution < -0.4 is 0 Å². The van der Waals surface area contributed by atoms with Crippen LogP contribution in [0.4, 0.5) is 0 Å². The third-order valence-electron chi connectivity index (χ3n) is 3.12. The molecule has 6 nitrogen and oxygen atoms in total. The quantitative estimate of drug-likeness (QED) is 0.586. The zero-order valence-corrected chi connectivity index (χ0v) is 13.1. The Balaban J connectivity index is 2.07. The van der Waals surface area contributed by atoms with Gasteiger partial charge in [-0.2, -0.15) is 0 Å². The third kappa shape index (κ3) is 4.68. The summed E-state index contributed by atoms with van der Waals surface area (Å²) in [6, 6.07) is 9.54. The van der Waals surface area contributed by atoms with E-state index in [-0.39, 0.29) is 13.2 Å². The summed E-state index contributed by atoms with van der Waals surface area (Å²) in [4.78, 5) is 23.9. The molecule has 1 aromatic rings. The van der Waals surface area contributed by atoms with Crippen molar-refractivity contribution < 1.29 is 28.4 Å². The first-order chi connectivity index (χ1) is 11.2. The molecule has 23 heavy (non-hydrogen) atoms. The largest absolute Gasteiger partial charge is 0.487 e. The van der Waals surface area contributed by atoms with Gasteiger partial charge < -0.3 is 18.8 Å². The molecule has 0 amide bonds. The second-order valence-electron chi connectivity index (χ2n) is 4.76. The van der Waals surface area contributed by atoms with Crippen molar-refractivity contribution in [2.75, 3.05) is 13.2 Å². The summed E-state index contributed by atoms with van der Waals surface area (Å²) in [6.45, 7) is 3.75. The van der Waals surface area contributed by atoms with Crippen LogP contribution in [0.25, 0.3) is 6.08 Å². The lowest BCUT2D eigenvalue weighted by molar-refractivity contribution is -0.163. The van der Waals surface area contributed by atoms with E-state index in [0.29, 0.717) is 0 Å². The summed E-state index contributed by atoms with van der Waals surface area (Å²) >= 11 is 0. The van der Waals surface area contributed by atoms with Gasteiger partial charge in [-0.15, -0.1) is 0 Å². The number of esters is 2. The average molecular weight is 318 g/mol. The Morgan fingerprint density at radius 2 is 1.57 bits per heavy atom. The predicted octanol–water partition coefficient (Wildman–Crippen LogP) is 1.64. The summed E-state index contributed by atoms with van der Waals surface area (Å²) in [5.74, 6) is 0.364. The van der Waals surface area contributed by atoms with Gasteiger partial charge in [0.05, 0.1) is 13.2 Å². The fourth-order valence-electron chi connectivity index (χ4n) is 2.12. The zero-order valence-electron chi connectivity index (χ0n) is 13.1. The Labute approximate surface area is 135 Å². The first kappa shape index (κ1) is 17.2. The predicted molar refractivity (Wildman–Crippen MR) is 84.2 cm³/mol. The number of hydrogen-bond donors (Lipinski definition) is 0. The molecular weight excluding hydrogens is 299 g/mol. The minimum atomic E-state index is -1.13. The van der Waals surface area contributed by atoms with Crippen LogP contribution in [0, 0.1) is 0 Å². The van der Waals surface area contributed by atoms with Gasteiger partial charge in [0.1, 0.15) is 0 Å². The Kier molecular flexibility index (Phi) is 6.37. The molecule has 1 aliphatic heterocycles. The molecule has 0 bridgehead atoms. The second-order valence-corrected chi connectivity index (χ2v) is 4.76. The molecule has 2 atom stereocenters. The highest BCUT2D eigenvalue weighted by Crippen LogP contribution is 2.21. The molecule has 0 N–H and O–H groups in total. The maximum Gasteiger partial charge on any atom is 0.487 e. The lowest BCUT2D eigenvalue weighted by atomic mass is 9.89. The Bertz CT molecular complexity index is 533. The van der Waals surface area contributed by atoms with Crippen LogP contribution in [0.15, 0.2) is 36.3 Å².